The van der Waals surface area contributed by atoms with Crippen molar-refractivity contribution in [2.75, 3.05) is 0 Å². The zero-order chi connectivity index (χ0) is 22.1. The summed E-state index contributed by atoms with van der Waals surface area (Å²) in [6, 6.07) is 12.5. The molecular formula is C23H30N3O4+. The zero-order valence-corrected chi connectivity index (χ0v) is 17.9. The highest BCUT2D eigenvalue weighted by Gasteiger charge is 2.65. The molecular weight excluding hydrogens is 382 g/mol. The number of aryl methyl sites for hydroxylation is 2. The van der Waals surface area contributed by atoms with E-state index in [9.17, 15) is 20.2 Å². The maximum Gasteiger partial charge on any atom is 0.279 e. The van der Waals surface area contributed by atoms with E-state index in [-0.39, 0.29) is 9.85 Å². The Balaban J connectivity index is 2.11. The van der Waals surface area contributed by atoms with E-state index in [1.165, 1.54) is 0 Å². The second-order valence-electron chi connectivity index (χ2n) is 8.72. The predicted molar refractivity (Wildman–Crippen MR) is 114 cm³/mol. The molecule has 160 valence electrons. The number of hydrogen-bond donors (Lipinski definition) is 1. The van der Waals surface area contributed by atoms with Crippen LogP contribution in [0.1, 0.15) is 62.0 Å². The molecule has 0 unspecified atom stereocenters. The van der Waals surface area contributed by atoms with Crippen molar-refractivity contribution < 1.29 is 15.2 Å². The molecule has 2 aromatic carbocycles. The number of rotatable bonds is 6. The van der Waals surface area contributed by atoms with Crippen molar-refractivity contribution in [3.63, 3.8) is 0 Å². The lowest BCUT2D eigenvalue weighted by Gasteiger charge is -2.41. The number of piperidine rings is 1. The highest BCUT2D eigenvalue weighted by atomic mass is 16.6. The lowest BCUT2D eigenvalue weighted by molar-refractivity contribution is -0.818. The van der Waals surface area contributed by atoms with E-state index in [1.807, 2.05) is 53.8 Å². The van der Waals surface area contributed by atoms with E-state index in [4.69, 9.17) is 0 Å². The van der Waals surface area contributed by atoms with Crippen LogP contribution in [0.5, 0.6) is 0 Å². The molecule has 4 atom stereocenters. The number of nitrogens with zero attached hydrogens (tertiary/aromatic N) is 2. The molecule has 7 heteroatoms. The molecule has 1 heterocycles. The fourth-order valence-corrected chi connectivity index (χ4v) is 4.88. The first-order valence-corrected chi connectivity index (χ1v) is 10.5. The molecule has 0 aromatic heterocycles. The monoisotopic (exact) mass is 412 g/mol. The molecule has 1 aliphatic heterocycles. The maximum atomic E-state index is 12.1. The van der Waals surface area contributed by atoms with E-state index < -0.39 is 29.6 Å². The molecule has 2 N–H and O–H groups in total. The summed E-state index contributed by atoms with van der Waals surface area (Å²) in [4.78, 5) is 23.6. The van der Waals surface area contributed by atoms with Gasteiger partial charge in [-0.05, 0) is 37.8 Å². The van der Waals surface area contributed by atoms with Crippen molar-refractivity contribution in [1.29, 1.82) is 0 Å². The quantitative estimate of drug-likeness (QED) is 0.579. The van der Waals surface area contributed by atoms with Crippen LogP contribution in [0.2, 0.25) is 0 Å². The Morgan fingerprint density at radius 1 is 0.767 bits per heavy atom. The van der Waals surface area contributed by atoms with Crippen molar-refractivity contribution in [2.24, 2.45) is 5.41 Å². The molecule has 0 amide bonds. The van der Waals surface area contributed by atoms with E-state index in [0.29, 0.717) is 0 Å². The average Bonchev–Trinajstić information content (AvgIpc) is 2.71. The molecule has 0 saturated carbocycles. The fourth-order valence-electron chi connectivity index (χ4n) is 4.88. The Bertz CT molecular complexity index is 836. The van der Waals surface area contributed by atoms with Gasteiger partial charge >= 0.3 is 0 Å². The van der Waals surface area contributed by atoms with E-state index in [0.717, 1.165) is 35.1 Å². The molecule has 0 bridgehead atoms. The van der Waals surface area contributed by atoms with Gasteiger partial charge in [-0.15, -0.1) is 0 Å². The topological polar surface area (TPSA) is 103 Å². The van der Waals surface area contributed by atoms with Crippen molar-refractivity contribution in [3.8, 4) is 0 Å². The summed E-state index contributed by atoms with van der Waals surface area (Å²) in [7, 11) is 0. The Morgan fingerprint density at radius 2 is 1.10 bits per heavy atom. The third-order valence-electron chi connectivity index (χ3n) is 6.62. The second kappa shape index (κ2) is 8.52. The molecule has 1 saturated heterocycles. The molecule has 7 nitrogen and oxygen atoms in total. The van der Waals surface area contributed by atoms with Crippen molar-refractivity contribution >= 4 is 0 Å². The van der Waals surface area contributed by atoms with Gasteiger partial charge in [0.2, 0.25) is 0 Å². The van der Waals surface area contributed by atoms with Gasteiger partial charge in [0.25, 0.3) is 12.1 Å². The Hall–Kier alpha value is -2.80. The number of nitro groups is 2. The van der Waals surface area contributed by atoms with Gasteiger partial charge < -0.3 is 5.32 Å². The van der Waals surface area contributed by atoms with Crippen LogP contribution in [-0.4, -0.2) is 21.9 Å². The van der Waals surface area contributed by atoms with Gasteiger partial charge in [-0.1, -0.05) is 62.4 Å². The minimum absolute atomic E-state index is 0.332. The Kier molecular flexibility index (Phi) is 6.22. The summed E-state index contributed by atoms with van der Waals surface area (Å²) in [5, 5.41) is 26.1. The van der Waals surface area contributed by atoms with Gasteiger partial charge in [0, 0.05) is 21.0 Å². The fraction of sp³-hybridized carbons (Fsp3) is 0.478. The number of quaternary nitrogens is 1. The van der Waals surface area contributed by atoms with Crippen LogP contribution in [0.3, 0.4) is 0 Å². The number of nitrogens with two attached hydrogens (primary N) is 1. The maximum absolute atomic E-state index is 12.1. The number of benzene rings is 2. The van der Waals surface area contributed by atoms with Crippen LogP contribution in [0.4, 0.5) is 0 Å². The van der Waals surface area contributed by atoms with Crippen LogP contribution >= 0.6 is 0 Å². The third kappa shape index (κ3) is 3.94. The lowest BCUT2D eigenvalue weighted by atomic mass is 9.66. The molecule has 0 spiro atoms. The van der Waals surface area contributed by atoms with Gasteiger partial charge in [0.1, 0.15) is 5.41 Å². The smallest absolute Gasteiger partial charge is 0.279 e. The first kappa shape index (κ1) is 21.9. The second-order valence-corrected chi connectivity index (χ2v) is 8.72. The summed E-state index contributed by atoms with van der Waals surface area (Å²) < 4.78 is 0. The molecule has 1 fully saturated rings. The first-order valence-electron chi connectivity index (χ1n) is 10.5. The average molecular weight is 413 g/mol. The molecule has 1 aliphatic rings. The van der Waals surface area contributed by atoms with E-state index in [1.54, 1.807) is 13.8 Å². The van der Waals surface area contributed by atoms with Gasteiger partial charge in [-0.2, -0.15) is 0 Å². The van der Waals surface area contributed by atoms with Crippen molar-refractivity contribution in [1.82, 2.24) is 0 Å². The van der Waals surface area contributed by atoms with Crippen LogP contribution in [0.15, 0.2) is 48.5 Å². The van der Waals surface area contributed by atoms with Gasteiger partial charge in [0.15, 0.2) is 12.1 Å². The normalized spacial score (nSPS) is 25.6. The summed E-state index contributed by atoms with van der Waals surface area (Å²) >= 11 is 0. The highest BCUT2D eigenvalue weighted by Crippen LogP contribution is 2.43. The first-order chi connectivity index (χ1) is 14.2. The summed E-state index contributed by atoms with van der Waals surface area (Å²) in [5.41, 5.74) is 2.84. The molecule has 3 rings (SSSR count). The van der Waals surface area contributed by atoms with Crippen molar-refractivity contribution in [2.45, 2.75) is 64.7 Å². The Morgan fingerprint density at radius 3 is 1.37 bits per heavy atom. The molecule has 30 heavy (non-hydrogen) atoms. The highest BCUT2D eigenvalue weighted by molar-refractivity contribution is 5.28. The summed E-state index contributed by atoms with van der Waals surface area (Å²) in [5.74, 6) is 0. The predicted octanol–water partition coefficient (Wildman–Crippen LogP) is 3.49. The minimum atomic E-state index is -1.13. The van der Waals surface area contributed by atoms with Gasteiger partial charge in [0.05, 0.1) is 0 Å². The molecule has 0 radical (unpaired) electrons. The van der Waals surface area contributed by atoms with Gasteiger partial charge in [-0.3, -0.25) is 20.2 Å². The van der Waals surface area contributed by atoms with Crippen LogP contribution in [0.25, 0.3) is 0 Å². The van der Waals surface area contributed by atoms with Crippen LogP contribution in [0, 0.1) is 25.6 Å². The Labute approximate surface area is 176 Å². The SMILES string of the molecule is CCc1ccc([C@H]2[NH2+][C@@H](c3ccc(CC)cc3)[C@@H]([N+](=O)[O-])C(C)(C)[C@@H]2[N+](=O)[O-])cc1. The summed E-state index contributed by atoms with van der Waals surface area (Å²) in [6.45, 7) is 7.45. The van der Waals surface area contributed by atoms with Crippen LogP contribution < -0.4 is 5.32 Å². The molecule has 0 aliphatic carbocycles. The zero-order valence-electron chi connectivity index (χ0n) is 17.9. The van der Waals surface area contributed by atoms with Crippen molar-refractivity contribution in [3.05, 3.63) is 91.0 Å². The summed E-state index contributed by atoms with van der Waals surface area (Å²) in [6.07, 6.45) is 1.77. The lowest BCUT2D eigenvalue weighted by Crippen LogP contribution is -2.96. The van der Waals surface area contributed by atoms with E-state index in [2.05, 4.69) is 13.8 Å². The number of hydrogen-bond acceptors (Lipinski definition) is 4. The van der Waals surface area contributed by atoms with E-state index >= 15 is 0 Å². The standard InChI is InChI=1S/C23H29N3O4/c1-5-15-7-11-17(12-8-15)19-21(25(27)28)23(3,4)22(26(29)30)20(24-19)18-13-9-16(6-2)10-14-18/h7-14,19-22,24H,5-6H2,1-4H3/p+1/t19-,20+,21-,22-/m1/s1. The largest absolute Gasteiger partial charge is 0.322 e. The molecule has 2 aromatic rings. The minimum Gasteiger partial charge on any atom is -0.322 e. The van der Waals surface area contributed by atoms with Gasteiger partial charge in [-0.25, -0.2) is 0 Å². The third-order valence-corrected chi connectivity index (χ3v) is 6.62. The van der Waals surface area contributed by atoms with Crippen LogP contribution in [-0.2, 0) is 12.8 Å².